The van der Waals surface area contributed by atoms with E-state index in [2.05, 4.69) is 6.92 Å². The van der Waals surface area contributed by atoms with Crippen LogP contribution in [-0.4, -0.2) is 47.4 Å². The third kappa shape index (κ3) is 5.89. The van der Waals surface area contributed by atoms with E-state index in [-0.39, 0.29) is 11.5 Å². The van der Waals surface area contributed by atoms with Crippen LogP contribution < -0.4 is 9.47 Å². The summed E-state index contributed by atoms with van der Waals surface area (Å²) in [5.41, 5.74) is 2.91. The zero-order valence-corrected chi connectivity index (χ0v) is 20.1. The van der Waals surface area contributed by atoms with E-state index < -0.39 is 18.2 Å². The molecular weight excluding hydrogens is 436 g/mol. The maximum absolute atomic E-state index is 11.8. The molecule has 2 N–H and O–H groups in total. The van der Waals surface area contributed by atoms with Crippen LogP contribution >= 0.6 is 0 Å². The molecule has 2 aromatic carbocycles. The number of hydrogen-bond acceptors (Lipinski definition) is 6. The Kier molecular flexibility index (Phi) is 8.93. The minimum atomic E-state index is -1.06. The maximum Gasteiger partial charge on any atom is 0.347 e. The van der Waals surface area contributed by atoms with Gasteiger partial charge < -0.3 is 24.4 Å². The first kappa shape index (κ1) is 25.6. The van der Waals surface area contributed by atoms with Crippen molar-refractivity contribution >= 4 is 11.8 Å². The van der Waals surface area contributed by atoms with Gasteiger partial charge in [0, 0.05) is 18.4 Å². The van der Waals surface area contributed by atoms with Gasteiger partial charge >= 0.3 is 5.97 Å². The number of ether oxygens (including phenoxy) is 3. The highest BCUT2D eigenvalue weighted by molar-refractivity contribution is 5.97. The second kappa shape index (κ2) is 11.9. The number of Topliss-reactive ketones (excluding diaryl/α,β-unsaturated/α-hetero) is 1. The number of aromatic hydroxyl groups is 1. The fourth-order valence-electron chi connectivity index (χ4n) is 4.30. The number of phenolic OH excluding ortho intramolecular Hbond substituents is 1. The van der Waals surface area contributed by atoms with Crippen molar-refractivity contribution in [3.63, 3.8) is 0 Å². The summed E-state index contributed by atoms with van der Waals surface area (Å²) in [7, 11) is 0. The summed E-state index contributed by atoms with van der Waals surface area (Å²) < 4.78 is 17.7. The van der Waals surface area contributed by atoms with Crippen LogP contribution in [0.4, 0.5) is 0 Å². The molecule has 0 radical (unpaired) electrons. The highest BCUT2D eigenvalue weighted by Gasteiger charge is 2.37. The molecule has 1 heterocycles. The number of fused-ring (bicyclic) bond motifs is 1. The van der Waals surface area contributed by atoms with Gasteiger partial charge in [-0.2, -0.15) is 0 Å². The largest absolute Gasteiger partial charge is 0.507 e. The minimum absolute atomic E-state index is 0.0205. The molecule has 1 aliphatic heterocycles. The van der Waals surface area contributed by atoms with Gasteiger partial charge in [-0.05, 0) is 43.0 Å². The highest BCUT2D eigenvalue weighted by Crippen LogP contribution is 2.34. The molecule has 2 aromatic rings. The first-order valence-electron chi connectivity index (χ1n) is 12.0. The van der Waals surface area contributed by atoms with E-state index in [4.69, 9.17) is 14.2 Å². The van der Waals surface area contributed by atoms with Crippen molar-refractivity contribution in [1.29, 1.82) is 0 Å². The van der Waals surface area contributed by atoms with Gasteiger partial charge in [0.15, 0.2) is 5.78 Å². The van der Waals surface area contributed by atoms with Crippen LogP contribution in [0.1, 0.15) is 67.1 Å². The monoisotopic (exact) mass is 470 g/mol. The lowest BCUT2D eigenvalue weighted by molar-refractivity contribution is -0.154. The predicted molar refractivity (Wildman–Crippen MR) is 128 cm³/mol. The van der Waals surface area contributed by atoms with Crippen LogP contribution in [0.25, 0.3) is 0 Å². The molecule has 0 saturated heterocycles. The molecule has 34 heavy (non-hydrogen) atoms. The Hall–Kier alpha value is -3.06. The molecule has 0 aliphatic carbocycles. The van der Waals surface area contributed by atoms with Gasteiger partial charge in [-0.25, -0.2) is 4.79 Å². The van der Waals surface area contributed by atoms with Crippen molar-refractivity contribution in [2.45, 2.75) is 71.5 Å². The van der Waals surface area contributed by atoms with Crippen LogP contribution in [0.2, 0.25) is 0 Å². The number of carboxylic acids is 1. The number of para-hydroxylation sites is 1. The average Bonchev–Trinajstić information content (AvgIpc) is 2.80. The molecule has 2 atom stereocenters. The molecule has 0 saturated carbocycles. The summed E-state index contributed by atoms with van der Waals surface area (Å²) >= 11 is 0. The van der Waals surface area contributed by atoms with Crippen LogP contribution in [0.3, 0.4) is 0 Å². The molecule has 0 spiro atoms. The standard InChI is InChI=1S/C27H34O7/c1-4-8-18-10-6-11-19-16-23(26(27(30)31)34-25(18)19)33-15-7-14-32-22-13-12-20(17(3)28)24(29)21(22)9-5-2/h6,10-13,23,26,29H,4-5,7-9,14-16H2,1-3H3,(H,30,31). The Morgan fingerprint density at radius 1 is 1.09 bits per heavy atom. The van der Waals surface area contributed by atoms with Crippen molar-refractivity contribution in [1.82, 2.24) is 0 Å². The van der Waals surface area contributed by atoms with E-state index in [9.17, 15) is 19.8 Å². The van der Waals surface area contributed by atoms with Crippen molar-refractivity contribution in [3.8, 4) is 17.2 Å². The molecule has 0 fully saturated rings. The fourth-order valence-corrected chi connectivity index (χ4v) is 4.30. The summed E-state index contributed by atoms with van der Waals surface area (Å²) in [4.78, 5) is 23.6. The van der Waals surface area contributed by atoms with Gasteiger partial charge in [-0.1, -0.05) is 44.9 Å². The fraction of sp³-hybridized carbons (Fsp3) is 0.481. The Labute approximate surface area is 200 Å². The lowest BCUT2D eigenvalue weighted by atomic mass is 9.95. The number of rotatable bonds is 12. The highest BCUT2D eigenvalue weighted by atomic mass is 16.6. The Bertz CT molecular complexity index is 1010. The summed E-state index contributed by atoms with van der Waals surface area (Å²) in [6.45, 7) is 6.13. The van der Waals surface area contributed by atoms with Gasteiger partial charge in [0.2, 0.25) is 6.10 Å². The molecule has 0 aromatic heterocycles. The molecule has 7 nitrogen and oxygen atoms in total. The zero-order chi connectivity index (χ0) is 24.7. The SMILES string of the molecule is CCCc1cccc2c1OC(C(=O)O)C(OCCCOc1ccc(C(C)=O)c(O)c1CCC)C2. The van der Waals surface area contributed by atoms with E-state index in [0.29, 0.717) is 55.1 Å². The maximum atomic E-state index is 11.8. The van der Waals surface area contributed by atoms with E-state index in [1.54, 1.807) is 12.1 Å². The lowest BCUT2D eigenvalue weighted by Crippen LogP contribution is -2.45. The van der Waals surface area contributed by atoms with Gasteiger partial charge in [0.25, 0.3) is 0 Å². The normalized spacial score (nSPS) is 17.0. The molecule has 7 heteroatoms. The number of benzene rings is 2. The summed E-state index contributed by atoms with van der Waals surface area (Å²) in [5, 5.41) is 20.2. The third-order valence-corrected chi connectivity index (χ3v) is 5.94. The van der Waals surface area contributed by atoms with E-state index in [0.717, 1.165) is 30.4 Å². The van der Waals surface area contributed by atoms with Crippen molar-refractivity contribution in [3.05, 3.63) is 52.6 Å². The number of aryl methyl sites for hydroxylation is 1. The molecule has 2 unspecified atom stereocenters. The topological polar surface area (TPSA) is 102 Å². The molecule has 1 aliphatic rings. The van der Waals surface area contributed by atoms with Crippen molar-refractivity contribution in [2.24, 2.45) is 0 Å². The van der Waals surface area contributed by atoms with E-state index >= 15 is 0 Å². The van der Waals surface area contributed by atoms with Gasteiger partial charge in [-0.3, -0.25) is 4.79 Å². The van der Waals surface area contributed by atoms with Crippen LogP contribution in [-0.2, 0) is 28.8 Å². The van der Waals surface area contributed by atoms with Gasteiger partial charge in [-0.15, -0.1) is 0 Å². The van der Waals surface area contributed by atoms with Crippen LogP contribution in [0.5, 0.6) is 17.2 Å². The van der Waals surface area contributed by atoms with Gasteiger partial charge in [0.1, 0.15) is 23.4 Å². The predicted octanol–water partition coefficient (Wildman–Crippen LogP) is 4.74. The Morgan fingerprint density at radius 2 is 1.85 bits per heavy atom. The first-order chi connectivity index (χ1) is 16.4. The second-order valence-corrected chi connectivity index (χ2v) is 8.59. The van der Waals surface area contributed by atoms with Gasteiger partial charge in [0.05, 0.1) is 18.8 Å². The number of ketones is 1. The number of carbonyl (C=O) groups is 2. The van der Waals surface area contributed by atoms with E-state index in [1.165, 1.54) is 6.92 Å². The van der Waals surface area contributed by atoms with Crippen molar-refractivity contribution < 1.29 is 34.0 Å². The number of phenols is 1. The third-order valence-electron chi connectivity index (χ3n) is 5.94. The molecule has 0 bridgehead atoms. The first-order valence-corrected chi connectivity index (χ1v) is 12.0. The quantitative estimate of drug-likeness (QED) is 0.341. The molecule has 184 valence electrons. The summed E-state index contributed by atoms with van der Waals surface area (Å²) in [6.07, 6.45) is 2.55. The second-order valence-electron chi connectivity index (χ2n) is 8.59. The number of aliphatic carboxylic acids is 1. The number of hydrogen-bond donors (Lipinski definition) is 2. The molecular formula is C27H34O7. The van der Waals surface area contributed by atoms with Crippen LogP contribution in [0, 0.1) is 0 Å². The Balaban J connectivity index is 1.59. The summed E-state index contributed by atoms with van der Waals surface area (Å²) in [5.74, 6) is -0.0273. The zero-order valence-electron chi connectivity index (χ0n) is 20.1. The molecule has 0 amide bonds. The van der Waals surface area contributed by atoms with Crippen LogP contribution in [0.15, 0.2) is 30.3 Å². The van der Waals surface area contributed by atoms with E-state index in [1.807, 2.05) is 25.1 Å². The molecule has 3 rings (SSSR count). The summed E-state index contributed by atoms with van der Waals surface area (Å²) in [6, 6.07) is 9.19. The number of carboxylic acid groups (broad SMARTS) is 1. The smallest absolute Gasteiger partial charge is 0.347 e. The Morgan fingerprint density at radius 3 is 2.53 bits per heavy atom. The average molecular weight is 471 g/mol. The minimum Gasteiger partial charge on any atom is -0.507 e. The lowest BCUT2D eigenvalue weighted by Gasteiger charge is -2.32. The number of carbonyl (C=O) groups excluding carboxylic acids is 1. The van der Waals surface area contributed by atoms with Crippen molar-refractivity contribution in [2.75, 3.05) is 13.2 Å².